The molecule has 0 bridgehead atoms. The lowest BCUT2D eigenvalue weighted by Gasteiger charge is -2.02. The van der Waals surface area contributed by atoms with Gasteiger partial charge in [0.05, 0.1) is 12.4 Å². The zero-order chi connectivity index (χ0) is 18.8. The molecular weight excluding hydrogens is 368 g/mol. The van der Waals surface area contributed by atoms with Gasteiger partial charge in [-0.15, -0.1) is 10.2 Å². The summed E-state index contributed by atoms with van der Waals surface area (Å²) in [5.74, 6) is 1.69. The molecule has 4 aromatic rings. The lowest BCUT2D eigenvalue weighted by Crippen LogP contribution is -2.14. The number of ether oxygens (including phenoxy) is 1. The minimum absolute atomic E-state index is 0.133. The summed E-state index contributed by atoms with van der Waals surface area (Å²) in [6.45, 7) is 4.28. The van der Waals surface area contributed by atoms with Crippen LogP contribution in [0.5, 0.6) is 5.75 Å². The van der Waals surface area contributed by atoms with Crippen LogP contribution in [0.2, 0.25) is 0 Å². The fourth-order valence-electron chi connectivity index (χ4n) is 2.59. The number of nitrogens with one attached hydrogen (secondary N) is 2. The Labute approximate surface area is 157 Å². The third kappa shape index (κ3) is 3.70. The molecule has 0 aliphatic rings. The van der Waals surface area contributed by atoms with Crippen molar-refractivity contribution in [2.45, 2.75) is 19.0 Å². The van der Waals surface area contributed by atoms with Crippen LogP contribution in [0.1, 0.15) is 12.7 Å². The number of amides is 1. The van der Waals surface area contributed by atoms with Gasteiger partial charge in [0, 0.05) is 17.0 Å². The Morgan fingerprint density at radius 2 is 2.22 bits per heavy atom. The van der Waals surface area contributed by atoms with E-state index in [0.29, 0.717) is 34.5 Å². The third-order valence-electron chi connectivity index (χ3n) is 3.71. The minimum Gasteiger partial charge on any atom is -0.494 e. The first-order valence-electron chi connectivity index (χ1n) is 8.27. The van der Waals surface area contributed by atoms with Crippen LogP contribution < -0.4 is 10.1 Å². The molecule has 0 aliphatic carbocycles. The van der Waals surface area contributed by atoms with Crippen LogP contribution in [0.25, 0.3) is 22.1 Å². The Balaban J connectivity index is 1.49. The number of carbonyl (C=O) groups excluding carboxylic acids is 1. The molecule has 27 heavy (non-hydrogen) atoms. The van der Waals surface area contributed by atoms with Gasteiger partial charge < -0.3 is 19.6 Å². The molecule has 0 atom stereocenters. The van der Waals surface area contributed by atoms with E-state index in [1.54, 1.807) is 13.0 Å². The van der Waals surface area contributed by atoms with Crippen LogP contribution in [0.4, 0.5) is 5.82 Å². The molecule has 4 rings (SSSR count). The molecule has 138 valence electrons. The number of carbonyl (C=O) groups is 1. The SMILES string of the molecule is CCOc1ccc2[nH]c3nc(SCC(=O)Nc4cc(C)on4)nnc3c2c1. The van der Waals surface area contributed by atoms with Gasteiger partial charge >= 0.3 is 0 Å². The first-order valence-corrected chi connectivity index (χ1v) is 9.26. The predicted molar refractivity (Wildman–Crippen MR) is 101 cm³/mol. The van der Waals surface area contributed by atoms with Gasteiger partial charge in [-0.05, 0) is 32.0 Å². The number of aromatic amines is 1. The summed E-state index contributed by atoms with van der Waals surface area (Å²) in [6, 6.07) is 7.37. The van der Waals surface area contributed by atoms with Crippen molar-refractivity contribution in [3.8, 4) is 5.75 Å². The van der Waals surface area contributed by atoms with Crippen LogP contribution in [0.15, 0.2) is 33.9 Å². The average molecular weight is 384 g/mol. The number of fused-ring (bicyclic) bond motifs is 3. The van der Waals surface area contributed by atoms with Gasteiger partial charge in [-0.1, -0.05) is 16.9 Å². The average Bonchev–Trinajstić information content (AvgIpc) is 3.22. The van der Waals surface area contributed by atoms with Crippen molar-refractivity contribution >= 4 is 45.6 Å². The number of thioether (sulfide) groups is 1. The van der Waals surface area contributed by atoms with E-state index in [1.165, 1.54) is 11.8 Å². The maximum absolute atomic E-state index is 12.0. The van der Waals surface area contributed by atoms with E-state index < -0.39 is 0 Å². The minimum atomic E-state index is -0.227. The first-order chi connectivity index (χ1) is 13.1. The molecule has 2 N–H and O–H groups in total. The van der Waals surface area contributed by atoms with Crippen LogP contribution in [0.3, 0.4) is 0 Å². The van der Waals surface area contributed by atoms with Gasteiger partial charge in [0.1, 0.15) is 17.0 Å². The number of anilines is 1. The summed E-state index contributed by atoms with van der Waals surface area (Å²) in [7, 11) is 0. The van der Waals surface area contributed by atoms with Gasteiger partial charge in [0.15, 0.2) is 11.5 Å². The normalized spacial score (nSPS) is 11.2. The summed E-state index contributed by atoms with van der Waals surface area (Å²) in [5.41, 5.74) is 2.18. The van der Waals surface area contributed by atoms with E-state index in [4.69, 9.17) is 9.26 Å². The Hall–Kier alpha value is -3.14. The second-order valence-corrected chi connectivity index (χ2v) is 6.66. The number of H-pyrrole nitrogens is 1. The monoisotopic (exact) mass is 384 g/mol. The van der Waals surface area contributed by atoms with Gasteiger partial charge in [-0.25, -0.2) is 4.98 Å². The fraction of sp³-hybridized carbons (Fsp3) is 0.235. The summed E-state index contributed by atoms with van der Waals surface area (Å²) >= 11 is 1.19. The maximum atomic E-state index is 12.0. The number of rotatable bonds is 6. The quantitative estimate of drug-likeness (QED) is 0.487. The van der Waals surface area contributed by atoms with E-state index >= 15 is 0 Å². The molecule has 10 heteroatoms. The summed E-state index contributed by atoms with van der Waals surface area (Å²) < 4.78 is 10.4. The topological polar surface area (TPSA) is 119 Å². The molecule has 1 aromatic carbocycles. The third-order valence-corrected chi connectivity index (χ3v) is 4.54. The smallest absolute Gasteiger partial charge is 0.236 e. The van der Waals surface area contributed by atoms with Crippen molar-refractivity contribution in [1.82, 2.24) is 25.3 Å². The van der Waals surface area contributed by atoms with E-state index in [-0.39, 0.29) is 11.7 Å². The number of hydrogen-bond acceptors (Lipinski definition) is 8. The predicted octanol–water partition coefficient (Wildman–Crippen LogP) is 2.93. The van der Waals surface area contributed by atoms with Crippen LogP contribution in [0, 0.1) is 6.92 Å². The molecule has 0 fully saturated rings. The van der Waals surface area contributed by atoms with E-state index in [2.05, 4.69) is 30.6 Å². The largest absolute Gasteiger partial charge is 0.494 e. The number of nitrogens with zero attached hydrogens (tertiary/aromatic N) is 4. The molecule has 0 spiro atoms. The van der Waals surface area contributed by atoms with Crippen molar-refractivity contribution < 1.29 is 14.1 Å². The second kappa shape index (κ2) is 7.23. The van der Waals surface area contributed by atoms with E-state index in [1.807, 2.05) is 25.1 Å². The van der Waals surface area contributed by atoms with Gasteiger partial charge in [-0.3, -0.25) is 4.79 Å². The Morgan fingerprint density at radius 1 is 1.33 bits per heavy atom. The van der Waals surface area contributed by atoms with Crippen LogP contribution >= 0.6 is 11.8 Å². The number of benzene rings is 1. The van der Waals surface area contributed by atoms with Crippen molar-refractivity contribution in [2.24, 2.45) is 0 Å². The molecule has 1 amide bonds. The number of hydrogen-bond donors (Lipinski definition) is 2. The standard InChI is InChI=1S/C17H16N6O3S/c1-3-25-10-4-5-12-11(7-10)15-16(18-12)20-17(22-21-15)27-8-14(24)19-13-6-9(2)26-23-13/h4-7H,3,8H2,1-2H3,(H,18,20,22)(H,19,23,24). The molecule has 0 unspecified atom stereocenters. The van der Waals surface area contributed by atoms with E-state index in [9.17, 15) is 4.79 Å². The second-order valence-electron chi connectivity index (χ2n) is 5.72. The maximum Gasteiger partial charge on any atom is 0.236 e. The van der Waals surface area contributed by atoms with Crippen molar-refractivity contribution in [3.05, 3.63) is 30.0 Å². The molecule has 0 radical (unpaired) electrons. The van der Waals surface area contributed by atoms with Crippen LogP contribution in [-0.4, -0.2) is 43.6 Å². The summed E-state index contributed by atoms with van der Waals surface area (Å²) in [5, 5.41) is 16.0. The van der Waals surface area contributed by atoms with Gasteiger partial charge in [-0.2, -0.15) is 0 Å². The Morgan fingerprint density at radius 3 is 3.00 bits per heavy atom. The van der Waals surface area contributed by atoms with Crippen molar-refractivity contribution in [3.63, 3.8) is 0 Å². The lowest BCUT2D eigenvalue weighted by atomic mass is 10.2. The van der Waals surface area contributed by atoms with Crippen molar-refractivity contribution in [1.29, 1.82) is 0 Å². The fourth-order valence-corrected chi connectivity index (χ4v) is 3.17. The highest BCUT2D eigenvalue weighted by atomic mass is 32.2. The first kappa shape index (κ1) is 17.3. The Bertz CT molecular complexity index is 1120. The lowest BCUT2D eigenvalue weighted by molar-refractivity contribution is -0.113. The zero-order valence-electron chi connectivity index (χ0n) is 14.6. The molecule has 0 saturated heterocycles. The van der Waals surface area contributed by atoms with Gasteiger partial charge in [0.2, 0.25) is 11.1 Å². The summed E-state index contributed by atoms with van der Waals surface area (Å²) in [4.78, 5) is 19.6. The van der Waals surface area contributed by atoms with Crippen molar-refractivity contribution in [2.75, 3.05) is 17.7 Å². The molecule has 9 nitrogen and oxygen atoms in total. The molecule has 0 saturated carbocycles. The van der Waals surface area contributed by atoms with Gasteiger partial charge in [0.25, 0.3) is 0 Å². The molecule has 3 aromatic heterocycles. The Kier molecular flexibility index (Phi) is 4.63. The molecular formula is C17H16N6O3S. The highest BCUT2D eigenvalue weighted by molar-refractivity contribution is 7.99. The molecule has 3 heterocycles. The number of aromatic nitrogens is 5. The number of aryl methyl sites for hydroxylation is 1. The highest BCUT2D eigenvalue weighted by Gasteiger charge is 2.12. The van der Waals surface area contributed by atoms with E-state index in [0.717, 1.165) is 16.7 Å². The highest BCUT2D eigenvalue weighted by Crippen LogP contribution is 2.27. The summed E-state index contributed by atoms with van der Waals surface area (Å²) in [6.07, 6.45) is 0. The molecule has 0 aliphatic heterocycles. The zero-order valence-corrected chi connectivity index (χ0v) is 15.5. The van der Waals surface area contributed by atoms with Crippen LogP contribution in [-0.2, 0) is 4.79 Å².